The number of aliphatic imine (C=N–C) groups is 1. The van der Waals surface area contributed by atoms with Gasteiger partial charge in [-0.3, -0.25) is 4.99 Å². The summed E-state index contributed by atoms with van der Waals surface area (Å²) < 4.78 is 10.1. The molecule has 0 saturated carbocycles. The van der Waals surface area contributed by atoms with E-state index < -0.39 is 10.8 Å². The third-order valence-electron chi connectivity index (χ3n) is 0.595. The Labute approximate surface area is 66.3 Å². The van der Waals surface area contributed by atoms with Crippen LogP contribution in [0.15, 0.2) is 21.7 Å². The zero-order valence-electron chi connectivity index (χ0n) is 5.68. The fraction of sp³-hybridized carbons (Fsp3) is 0. The van der Waals surface area contributed by atoms with E-state index >= 15 is 0 Å². The lowest BCUT2D eigenvalue weighted by molar-refractivity contribution is 0.695. The second-order valence-corrected chi connectivity index (χ2v) is 2.56. The van der Waals surface area contributed by atoms with Crippen LogP contribution < -0.4 is 17.3 Å². The lowest BCUT2D eigenvalue weighted by Crippen LogP contribution is -2.23. The van der Waals surface area contributed by atoms with Crippen LogP contribution in [0.25, 0.3) is 0 Å². The van der Waals surface area contributed by atoms with Gasteiger partial charge in [-0.2, -0.15) is 0 Å². The van der Waals surface area contributed by atoms with Gasteiger partial charge in [0.25, 0.3) is 0 Å². The number of nitrogens with zero attached hydrogens (tertiary/aromatic N) is 2. The van der Waals surface area contributed by atoms with Crippen molar-refractivity contribution >= 4 is 22.3 Å². The van der Waals surface area contributed by atoms with Gasteiger partial charge in [-0.1, -0.05) is 0 Å². The molecule has 1 atom stereocenters. The second-order valence-electron chi connectivity index (χ2n) is 1.42. The van der Waals surface area contributed by atoms with E-state index in [0.29, 0.717) is 0 Å². The van der Waals surface area contributed by atoms with Crippen molar-refractivity contribution in [2.45, 2.75) is 0 Å². The number of guanidine groups is 1. The van der Waals surface area contributed by atoms with Gasteiger partial charge >= 0.3 is 0 Å². The summed E-state index contributed by atoms with van der Waals surface area (Å²) in [5.41, 5.74) is 10.8. The molecule has 6 nitrogen and oxygen atoms in total. The van der Waals surface area contributed by atoms with Gasteiger partial charge in [0, 0.05) is 11.6 Å². The van der Waals surface area contributed by atoms with Gasteiger partial charge in [0.05, 0.1) is 16.3 Å². The molecule has 0 saturated heterocycles. The number of hydrogen-bond donors (Lipinski definition) is 3. The number of nitrogens with two attached hydrogens (primary N) is 3. The fourth-order valence-corrected chi connectivity index (χ4v) is 0.676. The molecule has 0 aromatic carbocycles. The Bertz CT molecular complexity index is 203. The van der Waals surface area contributed by atoms with Crippen LogP contribution in [0.5, 0.6) is 0 Å². The molecule has 11 heavy (non-hydrogen) atoms. The quantitative estimate of drug-likeness (QED) is 0.177. The summed E-state index contributed by atoms with van der Waals surface area (Å²) in [6, 6.07) is 0. The van der Waals surface area contributed by atoms with E-state index in [1.54, 1.807) is 0 Å². The van der Waals surface area contributed by atoms with Gasteiger partial charge in [-0.25, -0.2) is 4.21 Å². The van der Waals surface area contributed by atoms with Crippen LogP contribution in [0.2, 0.25) is 0 Å². The number of hydrazone groups is 1. The van der Waals surface area contributed by atoms with Crippen LogP contribution in [0, 0.1) is 0 Å². The molecule has 62 valence electrons. The lowest BCUT2D eigenvalue weighted by Gasteiger charge is -1.76. The molecule has 1 aliphatic rings. The van der Waals surface area contributed by atoms with Crippen molar-refractivity contribution in [2.24, 2.45) is 27.4 Å². The van der Waals surface area contributed by atoms with Crippen molar-refractivity contribution in [1.29, 1.82) is 0 Å². The summed E-state index contributed by atoms with van der Waals surface area (Å²) in [5, 5.41) is 4.39. The maximum Gasteiger partial charge on any atom is 0.208 e. The Balaban J connectivity index is 0.000000187. The molecule has 0 spiro atoms. The van der Waals surface area contributed by atoms with Crippen LogP contribution in [-0.2, 0) is 10.8 Å². The Hall–Kier alpha value is -1.37. The van der Waals surface area contributed by atoms with Gasteiger partial charge in [-0.05, 0) is 0 Å². The van der Waals surface area contributed by atoms with Gasteiger partial charge < -0.3 is 17.3 Å². The van der Waals surface area contributed by atoms with Crippen molar-refractivity contribution in [3.05, 3.63) is 11.6 Å². The fourth-order valence-electron chi connectivity index (χ4n) is 0.225. The predicted octanol–water partition coefficient (Wildman–Crippen LogP) is -1.62. The van der Waals surface area contributed by atoms with Crippen LogP contribution >= 0.6 is 0 Å². The molecule has 0 aromatic rings. The topological polar surface area (TPSA) is 120 Å². The second kappa shape index (κ2) is 5.42. The van der Waals surface area contributed by atoms with Gasteiger partial charge in [0.2, 0.25) is 5.96 Å². The average Bonchev–Trinajstić information content (AvgIpc) is 2.41. The van der Waals surface area contributed by atoms with Crippen LogP contribution in [0.4, 0.5) is 0 Å². The van der Waals surface area contributed by atoms with Gasteiger partial charge in [-0.15, -0.1) is 5.10 Å². The summed E-state index contributed by atoms with van der Waals surface area (Å²) in [6.45, 7) is 0. The molecule has 0 fully saturated rings. The molecule has 1 aliphatic heterocycles. The first-order chi connectivity index (χ1) is 5.16. The summed E-state index contributed by atoms with van der Waals surface area (Å²) >= 11 is 0. The Morgan fingerprint density at radius 2 is 2.09 bits per heavy atom. The molecule has 1 heterocycles. The first-order valence-corrected chi connectivity index (χ1v) is 3.82. The first-order valence-electron chi connectivity index (χ1n) is 2.55. The molecule has 0 aromatic heterocycles. The molecule has 0 amide bonds. The molecule has 0 bridgehead atoms. The smallest absolute Gasteiger partial charge is 0.208 e. The minimum absolute atomic E-state index is 0.0926. The monoisotopic (exact) mass is 175 g/mol. The van der Waals surface area contributed by atoms with E-state index in [9.17, 15) is 4.21 Å². The Morgan fingerprint density at radius 3 is 2.18 bits per heavy atom. The van der Waals surface area contributed by atoms with Crippen molar-refractivity contribution in [2.75, 3.05) is 0 Å². The highest BCUT2D eigenvalue weighted by atomic mass is 32.2. The summed E-state index contributed by atoms with van der Waals surface area (Å²) in [7, 11) is -0.895. The van der Waals surface area contributed by atoms with Gasteiger partial charge in [0.1, 0.15) is 0 Å². The first kappa shape index (κ1) is 9.63. The Kier molecular flexibility index (Phi) is 4.74. The maximum atomic E-state index is 10.1. The zero-order valence-corrected chi connectivity index (χ0v) is 6.49. The van der Waals surface area contributed by atoms with Gasteiger partial charge in [0.15, 0.2) is 0 Å². The average molecular weight is 175 g/mol. The van der Waals surface area contributed by atoms with E-state index in [1.165, 1.54) is 17.2 Å². The molecule has 0 aliphatic carbocycles. The minimum atomic E-state index is -0.895. The molecule has 0 radical (unpaired) electrons. The normalized spacial score (nSPS) is 18.7. The third-order valence-corrected chi connectivity index (χ3v) is 1.31. The minimum Gasteiger partial charge on any atom is -0.369 e. The molecule has 7 heteroatoms. The van der Waals surface area contributed by atoms with Crippen molar-refractivity contribution < 1.29 is 4.21 Å². The molecular formula is C4H9N5OS. The van der Waals surface area contributed by atoms with Crippen molar-refractivity contribution in [3.8, 4) is 0 Å². The highest BCUT2D eigenvalue weighted by molar-refractivity contribution is 8.01. The standard InChI is InChI=1S/C3H3NOS.CH6N4/c5-6-2-1-4-3-6;2-1(3)5-4/h1-3H;4H2,(H4,2,3,5). The number of hydrogen-bond acceptors (Lipinski definition) is 4. The van der Waals surface area contributed by atoms with Crippen LogP contribution in [-0.4, -0.2) is 15.7 Å². The van der Waals surface area contributed by atoms with Crippen LogP contribution in [0.3, 0.4) is 0 Å². The Morgan fingerprint density at radius 1 is 1.55 bits per heavy atom. The third kappa shape index (κ3) is 6.52. The van der Waals surface area contributed by atoms with E-state index in [2.05, 4.69) is 15.9 Å². The van der Waals surface area contributed by atoms with E-state index in [4.69, 9.17) is 11.5 Å². The molecular weight excluding hydrogens is 166 g/mol. The molecule has 6 N–H and O–H groups in total. The molecule has 1 rings (SSSR count). The highest BCUT2D eigenvalue weighted by Crippen LogP contribution is 1.88. The van der Waals surface area contributed by atoms with Crippen LogP contribution in [0.1, 0.15) is 0 Å². The van der Waals surface area contributed by atoms with E-state index in [1.807, 2.05) is 0 Å². The van der Waals surface area contributed by atoms with E-state index in [-0.39, 0.29) is 5.96 Å². The SMILES string of the molecule is NN=C(N)N.O=S1C=CN=C1. The summed E-state index contributed by atoms with van der Waals surface area (Å²) in [4.78, 5) is 3.56. The molecule has 1 unspecified atom stereocenters. The summed E-state index contributed by atoms with van der Waals surface area (Å²) in [5.74, 6) is 4.42. The largest absolute Gasteiger partial charge is 0.369 e. The van der Waals surface area contributed by atoms with Crippen molar-refractivity contribution in [1.82, 2.24) is 0 Å². The van der Waals surface area contributed by atoms with Crippen molar-refractivity contribution in [3.63, 3.8) is 0 Å². The highest BCUT2D eigenvalue weighted by Gasteiger charge is 1.87. The summed E-state index contributed by atoms with van der Waals surface area (Å²) in [6.07, 6.45) is 1.52. The zero-order chi connectivity index (χ0) is 8.69. The number of rotatable bonds is 0. The predicted molar refractivity (Wildman–Crippen MR) is 45.8 cm³/mol. The van der Waals surface area contributed by atoms with E-state index in [0.717, 1.165) is 0 Å². The lowest BCUT2D eigenvalue weighted by atomic mass is 11.1. The maximum absolute atomic E-state index is 10.1.